The van der Waals surface area contributed by atoms with E-state index in [1.54, 1.807) is 0 Å². The van der Waals surface area contributed by atoms with Gasteiger partial charge in [-0.3, -0.25) is 4.98 Å². The van der Waals surface area contributed by atoms with E-state index in [4.69, 9.17) is 15.0 Å². The molecule has 5 heteroatoms. The topological polar surface area (TPSA) is 51.6 Å². The summed E-state index contributed by atoms with van der Waals surface area (Å²) in [5.41, 5.74) is 5.22. The Morgan fingerprint density at radius 1 is 0.444 bits per heavy atom. The van der Waals surface area contributed by atoms with Crippen LogP contribution in [0, 0.1) is 0 Å². The van der Waals surface area contributed by atoms with Crippen LogP contribution in [-0.4, -0.2) is 19.9 Å². The van der Waals surface area contributed by atoms with E-state index >= 15 is 0 Å². The number of pyridine rings is 1. The van der Waals surface area contributed by atoms with Gasteiger partial charge in [-0.05, 0) is 39.4 Å². The Bertz CT molecular complexity index is 2540. The number of hydrogen-bond donors (Lipinski definition) is 0. The van der Waals surface area contributed by atoms with Crippen LogP contribution in [0.3, 0.4) is 0 Å². The van der Waals surface area contributed by atoms with Gasteiger partial charge < -0.3 is 0 Å². The maximum Gasteiger partial charge on any atom is 0.164 e. The van der Waals surface area contributed by atoms with Crippen molar-refractivity contribution >= 4 is 53.1 Å². The van der Waals surface area contributed by atoms with E-state index in [9.17, 15) is 0 Å². The maximum absolute atomic E-state index is 5.00. The van der Waals surface area contributed by atoms with Gasteiger partial charge in [0.05, 0.1) is 0 Å². The fourth-order valence-electron chi connectivity index (χ4n) is 6.17. The Morgan fingerprint density at radius 3 is 1.91 bits per heavy atom. The number of hydrogen-bond acceptors (Lipinski definition) is 5. The molecule has 210 valence electrons. The molecule has 3 aromatic heterocycles. The minimum Gasteiger partial charge on any atom is -0.264 e. The highest BCUT2D eigenvalue weighted by Crippen LogP contribution is 2.42. The normalized spacial score (nSPS) is 11.6. The Kier molecular flexibility index (Phi) is 5.96. The quantitative estimate of drug-likeness (QED) is 0.204. The third kappa shape index (κ3) is 4.44. The molecule has 3 heterocycles. The first-order valence-electron chi connectivity index (χ1n) is 14.9. The van der Waals surface area contributed by atoms with Crippen LogP contribution in [0.2, 0.25) is 0 Å². The highest BCUT2D eigenvalue weighted by molar-refractivity contribution is 7.26. The number of aromatic nitrogens is 4. The molecule has 0 unspecified atom stereocenters. The second-order valence-electron chi connectivity index (χ2n) is 11.1. The van der Waals surface area contributed by atoms with Crippen molar-refractivity contribution in [1.82, 2.24) is 19.9 Å². The van der Waals surface area contributed by atoms with Gasteiger partial charge in [0.25, 0.3) is 0 Å². The molecular formula is C40H24N4S. The van der Waals surface area contributed by atoms with Gasteiger partial charge in [0.2, 0.25) is 0 Å². The summed E-state index contributed by atoms with van der Waals surface area (Å²) in [5, 5.41) is 7.30. The summed E-state index contributed by atoms with van der Waals surface area (Å²) >= 11 is 1.83. The number of fused-ring (bicyclic) bond motifs is 6. The van der Waals surface area contributed by atoms with E-state index in [1.165, 1.54) is 41.9 Å². The molecule has 0 amide bonds. The minimum atomic E-state index is 0.649. The average Bonchev–Trinajstić information content (AvgIpc) is 3.50. The van der Waals surface area contributed by atoms with Crippen molar-refractivity contribution in [3.63, 3.8) is 0 Å². The number of nitrogens with zero attached hydrogens (tertiary/aromatic N) is 4. The third-order valence-electron chi connectivity index (χ3n) is 8.41. The van der Waals surface area contributed by atoms with Gasteiger partial charge in [0.1, 0.15) is 0 Å². The lowest BCUT2D eigenvalue weighted by atomic mass is 9.96. The van der Waals surface area contributed by atoms with Gasteiger partial charge in [0, 0.05) is 54.6 Å². The van der Waals surface area contributed by atoms with Crippen LogP contribution in [0.1, 0.15) is 0 Å². The zero-order valence-corrected chi connectivity index (χ0v) is 24.9. The molecule has 0 saturated heterocycles. The average molecular weight is 593 g/mol. The molecule has 0 aliphatic carbocycles. The van der Waals surface area contributed by atoms with Crippen molar-refractivity contribution in [3.05, 3.63) is 146 Å². The van der Waals surface area contributed by atoms with Crippen molar-refractivity contribution in [3.8, 4) is 45.3 Å². The molecule has 45 heavy (non-hydrogen) atoms. The predicted molar refractivity (Wildman–Crippen MR) is 187 cm³/mol. The highest BCUT2D eigenvalue weighted by Gasteiger charge is 2.15. The first kappa shape index (κ1) is 25.7. The van der Waals surface area contributed by atoms with E-state index in [2.05, 4.69) is 108 Å². The number of benzene rings is 6. The van der Waals surface area contributed by atoms with E-state index in [1.807, 2.05) is 54.1 Å². The molecule has 0 N–H and O–H groups in total. The van der Waals surface area contributed by atoms with Crippen LogP contribution in [0.4, 0.5) is 0 Å². The van der Waals surface area contributed by atoms with Crippen molar-refractivity contribution in [2.45, 2.75) is 0 Å². The standard InChI is InChI=1S/C40H24N4S/c1-2-8-28(9-3-1)38-42-39(44-40(43-38)31-18-13-25-7-4-5-10-30(25)23-31)29-16-14-26(15-17-29)32-12-6-11-27-19-20-33-34-24-41-22-21-35(34)45-37(33)36(27)32/h1-24H. The zero-order chi connectivity index (χ0) is 29.7. The number of thiophene rings is 1. The lowest BCUT2D eigenvalue weighted by molar-refractivity contribution is 1.07. The molecule has 0 spiro atoms. The van der Waals surface area contributed by atoms with Crippen molar-refractivity contribution in [1.29, 1.82) is 0 Å². The van der Waals surface area contributed by atoms with Gasteiger partial charge in [0.15, 0.2) is 17.5 Å². The third-order valence-corrected chi connectivity index (χ3v) is 9.61. The second kappa shape index (κ2) is 10.4. The van der Waals surface area contributed by atoms with E-state index < -0.39 is 0 Å². The van der Waals surface area contributed by atoms with Crippen LogP contribution in [0.25, 0.3) is 87.0 Å². The lowest BCUT2D eigenvalue weighted by Crippen LogP contribution is -2.00. The molecular weight excluding hydrogens is 569 g/mol. The summed E-state index contributed by atoms with van der Waals surface area (Å²) in [7, 11) is 0. The number of rotatable bonds is 4. The van der Waals surface area contributed by atoms with Crippen LogP contribution in [0.5, 0.6) is 0 Å². The van der Waals surface area contributed by atoms with Crippen molar-refractivity contribution in [2.75, 3.05) is 0 Å². The van der Waals surface area contributed by atoms with Crippen molar-refractivity contribution < 1.29 is 0 Å². The molecule has 0 bridgehead atoms. The molecule has 0 fully saturated rings. The Morgan fingerprint density at radius 2 is 1.09 bits per heavy atom. The first-order valence-corrected chi connectivity index (χ1v) is 15.7. The highest BCUT2D eigenvalue weighted by atomic mass is 32.1. The van der Waals surface area contributed by atoms with E-state index in [0.717, 1.165) is 27.6 Å². The molecule has 4 nitrogen and oxygen atoms in total. The molecule has 9 rings (SSSR count). The monoisotopic (exact) mass is 592 g/mol. The summed E-state index contributed by atoms with van der Waals surface area (Å²) in [5.74, 6) is 1.96. The summed E-state index contributed by atoms with van der Waals surface area (Å²) in [6.45, 7) is 0. The molecule has 0 aliphatic heterocycles. The predicted octanol–water partition coefficient (Wildman–Crippen LogP) is 10.6. The molecule has 9 aromatic rings. The second-order valence-corrected chi connectivity index (χ2v) is 12.2. The van der Waals surface area contributed by atoms with Crippen LogP contribution < -0.4 is 0 Å². The van der Waals surface area contributed by atoms with Gasteiger partial charge in [-0.2, -0.15) is 0 Å². The summed E-state index contributed by atoms with van der Waals surface area (Å²) in [6.07, 6.45) is 3.84. The maximum atomic E-state index is 5.00. The fraction of sp³-hybridized carbons (Fsp3) is 0. The summed E-state index contributed by atoms with van der Waals surface area (Å²) < 4.78 is 2.55. The van der Waals surface area contributed by atoms with Gasteiger partial charge >= 0.3 is 0 Å². The fourth-order valence-corrected chi connectivity index (χ4v) is 7.40. The van der Waals surface area contributed by atoms with E-state index in [-0.39, 0.29) is 0 Å². The summed E-state index contributed by atoms with van der Waals surface area (Å²) in [4.78, 5) is 19.3. The smallest absolute Gasteiger partial charge is 0.164 e. The van der Waals surface area contributed by atoms with Crippen LogP contribution >= 0.6 is 11.3 Å². The zero-order valence-electron chi connectivity index (χ0n) is 24.1. The molecule has 0 aliphatic rings. The van der Waals surface area contributed by atoms with Gasteiger partial charge in [-0.1, -0.05) is 121 Å². The Hall–Kier alpha value is -5.78. The molecule has 0 radical (unpaired) electrons. The molecule has 6 aromatic carbocycles. The van der Waals surface area contributed by atoms with Gasteiger partial charge in [-0.25, -0.2) is 15.0 Å². The Balaban J connectivity index is 1.18. The largest absolute Gasteiger partial charge is 0.264 e. The van der Waals surface area contributed by atoms with Crippen LogP contribution in [-0.2, 0) is 0 Å². The first-order chi connectivity index (χ1) is 22.3. The summed E-state index contributed by atoms with van der Waals surface area (Å²) in [6, 6.07) is 46.5. The van der Waals surface area contributed by atoms with Crippen molar-refractivity contribution in [2.24, 2.45) is 0 Å². The Labute approximate surface area is 263 Å². The lowest BCUT2D eigenvalue weighted by Gasteiger charge is -2.11. The van der Waals surface area contributed by atoms with Crippen LogP contribution in [0.15, 0.2) is 146 Å². The SMILES string of the molecule is c1ccc(-c2nc(-c3ccc(-c4cccc5ccc6c7cnccc7sc6c45)cc3)nc(-c3ccc4ccccc4c3)n2)cc1. The molecule has 0 saturated carbocycles. The van der Waals surface area contributed by atoms with Gasteiger partial charge in [-0.15, -0.1) is 11.3 Å². The minimum absolute atomic E-state index is 0.649. The van der Waals surface area contributed by atoms with E-state index in [0.29, 0.717) is 17.5 Å². The molecule has 0 atom stereocenters.